The lowest BCUT2D eigenvalue weighted by atomic mass is 10.3. The summed E-state index contributed by atoms with van der Waals surface area (Å²) in [5, 5.41) is 10.9. The predicted octanol–water partition coefficient (Wildman–Crippen LogP) is 0.902. The van der Waals surface area contributed by atoms with Gasteiger partial charge < -0.3 is 21.4 Å². The number of allylic oxidation sites excluding steroid dienone is 1. The number of anilines is 1. The van der Waals surface area contributed by atoms with E-state index in [4.69, 9.17) is 11.1 Å². The van der Waals surface area contributed by atoms with Crippen molar-refractivity contribution in [3.8, 4) is 0 Å². The Morgan fingerprint density at radius 3 is 3.00 bits per heavy atom. The monoisotopic (exact) mass is 276 g/mol. The van der Waals surface area contributed by atoms with Crippen molar-refractivity contribution in [1.82, 2.24) is 15.0 Å². The van der Waals surface area contributed by atoms with Gasteiger partial charge in [0.25, 0.3) is 5.56 Å². The van der Waals surface area contributed by atoms with Gasteiger partial charge in [-0.3, -0.25) is 4.79 Å². The fourth-order valence-electron chi connectivity index (χ4n) is 1.51. The van der Waals surface area contributed by atoms with Crippen LogP contribution in [0.15, 0.2) is 34.1 Å². The van der Waals surface area contributed by atoms with Crippen LogP contribution in [-0.4, -0.2) is 27.4 Å². The number of hydrogen-bond acceptors (Lipinski definition) is 7. The van der Waals surface area contributed by atoms with Gasteiger partial charge in [0.2, 0.25) is 0 Å². The number of thioether (sulfide) groups is 1. The third-order valence-electron chi connectivity index (χ3n) is 2.38. The predicted molar refractivity (Wildman–Crippen MR) is 76.6 cm³/mol. The maximum atomic E-state index is 11.9. The molecule has 0 amide bonds. The second-order valence-corrected chi connectivity index (χ2v) is 4.29. The van der Waals surface area contributed by atoms with Crippen LogP contribution in [-0.2, 0) is 0 Å². The zero-order valence-electron chi connectivity index (χ0n) is 10.1. The number of fused-ring (bicyclic) bond motifs is 1. The summed E-state index contributed by atoms with van der Waals surface area (Å²) >= 11 is 1.36. The SMILES string of the molecule is CSc1nc(N/C(C=N)=C/N)c2c(=O)[nH]ccc2n1. The number of nitrogens with zero attached hydrogens (tertiary/aromatic N) is 2. The van der Waals surface area contributed by atoms with Gasteiger partial charge in [0, 0.05) is 18.6 Å². The van der Waals surface area contributed by atoms with Gasteiger partial charge >= 0.3 is 0 Å². The van der Waals surface area contributed by atoms with Crippen molar-refractivity contribution in [2.24, 2.45) is 5.73 Å². The fourth-order valence-corrected chi connectivity index (χ4v) is 1.89. The molecule has 0 aliphatic heterocycles. The molecule has 8 heteroatoms. The summed E-state index contributed by atoms with van der Waals surface area (Å²) in [6, 6.07) is 1.69. The van der Waals surface area contributed by atoms with Crippen LogP contribution in [0.5, 0.6) is 0 Å². The molecule has 2 aromatic heterocycles. The summed E-state index contributed by atoms with van der Waals surface area (Å²) in [4.78, 5) is 22.9. The molecule has 0 bridgehead atoms. The highest BCUT2D eigenvalue weighted by molar-refractivity contribution is 7.98. The Kier molecular flexibility index (Phi) is 3.81. The van der Waals surface area contributed by atoms with Crippen LogP contribution >= 0.6 is 11.8 Å². The first-order valence-electron chi connectivity index (χ1n) is 5.32. The van der Waals surface area contributed by atoms with Crippen LogP contribution < -0.4 is 16.6 Å². The van der Waals surface area contributed by atoms with Crippen LogP contribution in [0.4, 0.5) is 5.82 Å². The van der Waals surface area contributed by atoms with Crippen molar-refractivity contribution in [2.45, 2.75) is 5.16 Å². The molecule has 0 aliphatic carbocycles. The highest BCUT2D eigenvalue weighted by Crippen LogP contribution is 2.20. The third kappa shape index (κ3) is 2.58. The number of rotatable bonds is 4. The van der Waals surface area contributed by atoms with E-state index in [1.54, 1.807) is 6.07 Å². The van der Waals surface area contributed by atoms with Gasteiger partial charge in [-0.25, -0.2) is 9.97 Å². The van der Waals surface area contributed by atoms with E-state index in [0.29, 0.717) is 27.6 Å². The Morgan fingerprint density at radius 2 is 2.37 bits per heavy atom. The molecule has 19 heavy (non-hydrogen) atoms. The van der Waals surface area contributed by atoms with Crippen molar-refractivity contribution in [1.29, 1.82) is 5.41 Å². The van der Waals surface area contributed by atoms with E-state index >= 15 is 0 Å². The maximum absolute atomic E-state index is 11.9. The average Bonchev–Trinajstić information content (AvgIpc) is 2.44. The molecule has 0 aromatic carbocycles. The number of H-pyrrole nitrogens is 1. The third-order valence-corrected chi connectivity index (χ3v) is 2.93. The average molecular weight is 276 g/mol. The second kappa shape index (κ2) is 5.53. The van der Waals surface area contributed by atoms with Gasteiger partial charge in [-0.05, 0) is 12.3 Å². The van der Waals surface area contributed by atoms with Crippen LogP contribution in [0.1, 0.15) is 0 Å². The van der Waals surface area contributed by atoms with Gasteiger partial charge in [0.1, 0.15) is 11.2 Å². The first-order chi connectivity index (χ1) is 9.19. The number of nitrogens with one attached hydrogen (secondary N) is 3. The first kappa shape index (κ1) is 13.1. The summed E-state index contributed by atoms with van der Waals surface area (Å²) in [6.07, 6.45) is 5.65. The van der Waals surface area contributed by atoms with Gasteiger partial charge in [-0.15, -0.1) is 0 Å². The Morgan fingerprint density at radius 1 is 1.58 bits per heavy atom. The number of aromatic nitrogens is 3. The van der Waals surface area contributed by atoms with E-state index in [1.165, 1.54) is 24.2 Å². The van der Waals surface area contributed by atoms with E-state index < -0.39 is 0 Å². The molecule has 0 aliphatic rings. The molecule has 98 valence electrons. The number of aromatic amines is 1. The molecule has 0 saturated carbocycles. The lowest BCUT2D eigenvalue weighted by Gasteiger charge is -2.08. The van der Waals surface area contributed by atoms with Crippen LogP contribution in [0.25, 0.3) is 10.9 Å². The summed E-state index contributed by atoms with van der Waals surface area (Å²) in [5.41, 5.74) is 5.95. The van der Waals surface area contributed by atoms with Crippen molar-refractivity contribution >= 4 is 34.7 Å². The Bertz CT molecular complexity index is 708. The molecule has 0 saturated heterocycles. The van der Waals surface area contributed by atoms with Crippen molar-refractivity contribution in [3.05, 3.63) is 34.5 Å². The van der Waals surface area contributed by atoms with E-state index in [9.17, 15) is 4.79 Å². The second-order valence-electron chi connectivity index (χ2n) is 3.52. The quantitative estimate of drug-likeness (QED) is 0.374. The van der Waals surface area contributed by atoms with Crippen LogP contribution in [0.3, 0.4) is 0 Å². The molecule has 0 spiro atoms. The van der Waals surface area contributed by atoms with Crippen molar-refractivity contribution < 1.29 is 0 Å². The normalized spacial score (nSPS) is 11.5. The minimum absolute atomic E-state index is 0.297. The lowest BCUT2D eigenvalue weighted by molar-refractivity contribution is 1.00. The molecular weight excluding hydrogens is 264 g/mol. The van der Waals surface area contributed by atoms with Crippen LogP contribution in [0, 0.1) is 5.41 Å². The van der Waals surface area contributed by atoms with E-state index in [2.05, 4.69) is 20.3 Å². The molecule has 0 unspecified atom stereocenters. The number of hydrogen-bond donors (Lipinski definition) is 4. The summed E-state index contributed by atoms with van der Waals surface area (Å²) in [7, 11) is 0. The smallest absolute Gasteiger partial charge is 0.261 e. The molecule has 0 fully saturated rings. The topological polar surface area (TPSA) is 121 Å². The molecule has 7 nitrogen and oxygen atoms in total. The minimum Gasteiger partial charge on any atom is -0.403 e. The minimum atomic E-state index is -0.297. The summed E-state index contributed by atoms with van der Waals surface area (Å²) < 4.78 is 0. The highest BCUT2D eigenvalue weighted by Gasteiger charge is 2.11. The number of pyridine rings is 1. The Balaban J connectivity index is 2.69. The molecule has 2 aromatic rings. The summed E-state index contributed by atoms with van der Waals surface area (Å²) in [6.45, 7) is 0. The molecular formula is C11H12N6OS. The summed E-state index contributed by atoms with van der Waals surface area (Å²) in [5.74, 6) is 0.330. The van der Waals surface area contributed by atoms with Gasteiger partial charge in [0.15, 0.2) is 5.16 Å². The Hall–Kier alpha value is -2.35. The molecule has 2 heterocycles. The van der Waals surface area contributed by atoms with Crippen LogP contribution in [0.2, 0.25) is 0 Å². The van der Waals surface area contributed by atoms with E-state index in [0.717, 1.165) is 6.21 Å². The fraction of sp³-hybridized carbons (Fsp3) is 0.0909. The number of nitrogens with two attached hydrogens (primary N) is 1. The molecule has 0 atom stereocenters. The van der Waals surface area contributed by atoms with Gasteiger partial charge in [-0.2, -0.15) is 0 Å². The Labute approximate surface area is 112 Å². The molecule has 0 radical (unpaired) electrons. The lowest BCUT2D eigenvalue weighted by Crippen LogP contribution is -2.13. The van der Waals surface area contributed by atoms with E-state index in [1.807, 2.05) is 6.26 Å². The largest absolute Gasteiger partial charge is 0.403 e. The van der Waals surface area contributed by atoms with Crippen molar-refractivity contribution in [2.75, 3.05) is 11.6 Å². The molecule has 2 rings (SSSR count). The van der Waals surface area contributed by atoms with E-state index in [-0.39, 0.29) is 5.56 Å². The first-order valence-corrected chi connectivity index (χ1v) is 6.55. The maximum Gasteiger partial charge on any atom is 0.261 e. The molecule has 5 N–H and O–H groups in total. The zero-order chi connectivity index (χ0) is 13.8. The standard InChI is InChI=1S/C11H12N6OS/c1-19-11-16-7-2-3-14-10(18)8(7)9(17-11)15-6(4-12)5-13/h2-5,12H,13H2,1H3,(H,14,18)(H,15,16,17)/b6-5+,12-4?. The van der Waals surface area contributed by atoms with Crippen molar-refractivity contribution in [3.63, 3.8) is 0 Å². The zero-order valence-corrected chi connectivity index (χ0v) is 10.9. The highest BCUT2D eigenvalue weighted by atomic mass is 32.2. The van der Waals surface area contributed by atoms with Gasteiger partial charge in [-0.1, -0.05) is 11.8 Å². The van der Waals surface area contributed by atoms with Gasteiger partial charge in [0.05, 0.1) is 11.2 Å².